The minimum Gasteiger partial charge on any atom is -0.390 e. The summed E-state index contributed by atoms with van der Waals surface area (Å²) in [5.74, 6) is -3.95. The van der Waals surface area contributed by atoms with Crippen molar-refractivity contribution in [3.63, 3.8) is 0 Å². The minimum absolute atomic E-state index is 0.0356. The molecule has 8 heteroatoms. The summed E-state index contributed by atoms with van der Waals surface area (Å²) in [4.78, 5) is 15.8. The van der Waals surface area contributed by atoms with Crippen molar-refractivity contribution in [2.24, 2.45) is 0 Å². The molecule has 2 aromatic carbocycles. The lowest BCUT2D eigenvalue weighted by molar-refractivity contribution is 0.0810. The molecule has 30 heavy (non-hydrogen) atoms. The lowest BCUT2D eigenvalue weighted by Gasteiger charge is -2.19. The van der Waals surface area contributed by atoms with Crippen molar-refractivity contribution in [3.8, 4) is 0 Å². The number of anilines is 2. The van der Waals surface area contributed by atoms with Gasteiger partial charge in [0, 0.05) is 24.4 Å². The quantitative estimate of drug-likeness (QED) is 0.594. The Morgan fingerprint density at radius 2 is 1.73 bits per heavy atom. The number of hydrogen-bond acceptors (Lipinski definition) is 4. The molecule has 2 N–H and O–H groups in total. The summed E-state index contributed by atoms with van der Waals surface area (Å²) in [5.41, 5.74) is 1.21. The van der Waals surface area contributed by atoms with Gasteiger partial charge in [-0.1, -0.05) is 12.1 Å². The van der Waals surface area contributed by atoms with Gasteiger partial charge in [-0.05, 0) is 55.7 Å². The van der Waals surface area contributed by atoms with Crippen LogP contribution in [0.1, 0.15) is 30.5 Å². The zero-order valence-electron chi connectivity index (χ0n) is 16.8. The molecule has 0 atom stereocenters. The van der Waals surface area contributed by atoms with Crippen LogP contribution in [0.3, 0.4) is 0 Å². The Morgan fingerprint density at radius 1 is 1.07 bits per heavy atom. The third-order valence-corrected chi connectivity index (χ3v) is 4.47. The Kier molecular flexibility index (Phi) is 5.98. The van der Waals surface area contributed by atoms with Crippen molar-refractivity contribution >= 4 is 11.6 Å². The van der Waals surface area contributed by atoms with Crippen molar-refractivity contribution in [1.29, 1.82) is 0 Å². The highest BCUT2D eigenvalue weighted by Gasteiger charge is 2.15. The second-order valence-electron chi connectivity index (χ2n) is 7.85. The molecular formula is C22H22F3N3O2. The van der Waals surface area contributed by atoms with Gasteiger partial charge >= 0.3 is 0 Å². The number of rotatable bonds is 6. The van der Waals surface area contributed by atoms with Gasteiger partial charge in [0.1, 0.15) is 0 Å². The molecule has 3 aromatic rings. The highest BCUT2D eigenvalue weighted by atomic mass is 19.2. The van der Waals surface area contributed by atoms with Gasteiger partial charge in [-0.25, -0.2) is 13.2 Å². The topological polar surface area (TPSA) is 67.2 Å². The van der Waals surface area contributed by atoms with Crippen LogP contribution in [-0.2, 0) is 13.0 Å². The highest BCUT2D eigenvalue weighted by molar-refractivity contribution is 5.59. The first-order valence-corrected chi connectivity index (χ1v) is 9.32. The number of aliphatic hydroxyl groups is 1. The molecule has 0 saturated heterocycles. The maximum absolute atomic E-state index is 13.6. The molecule has 0 radical (unpaired) electrons. The zero-order valence-corrected chi connectivity index (χ0v) is 16.8. The predicted molar refractivity (Wildman–Crippen MR) is 108 cm³/mol. The van der Waals surface area contributed by atoms with Gasteiger partial charge in [0.05, 0.1) is 12.1 Å². The fraction of sp³-hybridized carbons (Fsp3) is 0.273. The van der Waals surface area contributed by atoms with Gasteiger partial charge in [-0.3, -0.25) is 4.79 Å². The zero-order chi connectivity index (χ0) is 22.1. The molecule has 158 valence electrons. The number of aryl methyl sites for hydroxylation is 1. The minimum atomic E-state index is -1.53. The van der Waals surface area contributed by atoms with E-state index < -0.39 is 28.6 Å². The molecule has 0 aliphatic heterocycles. The van der Waals surface area contributed by atoms with Gasteiger partial charge in [0.2, 0.25) is 5.95 Å². The van der Waals surface area contributed by atoms with Gasteiger partial charge in [-0.15, -0.1) is 0 Å². The fourth-order valence-electron chi connectivity index (χ4n) is 3.09. The number of aromatic nitrogens is 2. The Bertz CT molecular complexity index is 1110. The summed E-state index contributed by atoms with van der Waals surface area (Å²) >= 11 is 0. The van der Waals surface area contributed by atoms with E-state index in [4.69, 9.17) is 0 Å². The van der Waals surface area contributed by atoms with Crippen LogP contribution in [0, 0.1) is 24.4 Å². The van der Waals surface area contributed by atoms with Crippen LogP contribution in [0.2, 0.25) is 0 Å². The molecule has 0 aliphatic rings. The molecular weight excluding hydrogens is 395 g/mol. The van der Waals surface area contributed by atoms with Crippen molar-refractivity contribution in [1.82, 2.24) is 9.55 Å². The maximum atomic E-state index is 13.6. The van der Waals surface area contributed by atoms with E-state index in [0.717, 1.165) is 23.3 Å². The van der Waals surface area contributed by atoms with E-state index in [1.807, 2.05) is 25.1 Å². The average Bonchev–Trinajstić information content (AvgIpc) is 2.63. The number of hydrogen-bond donors (Lipinski definition) is 2. The van der Waals surface area contributed by atoms with Gasteiger partial charge in [0.25, 0.3) is 5.56 Å². The van der Waals surface area contributed by atoms with E-state index in [9.17, 15) is 23.1 Å². The summed E-state index contributed by atoms with van der Waals surface area (Å²) < 4.78 is 41.8. The third-order valence-electron chi connectivity index (χ3n) is 4.47. The number of benzene rings is 2. The first kappa shape index (κ1) is 21.6. The summed E-state index contributed by atoms with van der Waals surface area (Å²) in [6.07, 6.45) is 1.86. The van der Waals surface area contributed by atoms with Crippen LogP contribution in [0.25, 0.3) is 0 Å². The smallest absolute Gasteiger partial charge is 0.274 e. The molecule has 1 aromatic heterocycles. The van der Waals surface area contributed by atoms with Crippen LogP contribution in [0.5, 0.6) is 0 Å². The van der Waals surface area contributed by atoms with Crippen LogP contribution < -0.4 is 10.9 Å². The maximum Gasteiger partial charge on any atom is 0.274 e. The Balaban J connectivity index is 1.95. The molecule has 3 rings (SSSR count). The van der Waals surface area contributed by atoms with Crippen LogP contribution in [-0.4, -0.2) is 20.3 Å². The molecule has 0 fully saturated rings. The Hall–Kier alpha value is -3.13. The summed E-state index contributed by atoms with van der Waals surface area (Å²) in [7, 11) is 0. The van der Waals surface area contributed by atoms with E-state index in [-0.39, 0.29) is 18.1 Å². The van der Waals surface area contributed by atoms with Crippen molar-refractivity contribution in [3.05, 3.63) is 87.1 Å². The molecule has 0 aliphatic carbocycles. The summed E-state index contributed by atoms with van der Waals surface area (Å²) in [5, 5.41) is 13.1. The van der Waals surface area contributed by atoms with E-state index in [2.05, 4.69) is 10.3 Å². The van der Waals surface area contributed by atoms with Gasteiger partial charge < -0.3 is 15.0 Å². The van der Waals surface area contributed by atoms with Crippen LogP contribution in [0.15, 0.2) is 47.4 Å². The third kappa shape index (κ3) is 5.27. The molecule has 0 amide bonds. The molecule has 0 bridgehead atoms. The normalized spacial score (nSPS) is 11.6. The van der Waals surface area contributed by atoms with Gasteiger partial charge in [0.15, 0.2) is 17.5 Å². The van der Waals surface area contributed by atoms with E-state index >= 15 is 0 Å². The van der Waals surface area contributed by atoms with Crippen molar-refractivity contribution in [2.75, 3.05) is 5.32 Å². The lowest BCUT2D eigenvalue weighted by Crippen LogP contribution is -2.22. The second kappa shape index (κ2) is 8.31. The number of nitrogens with one attached hydrogen (secondary N) is 1. The second-order valence-corrected chi connectivity index (χ2v) is 7.85. The number of nitrogens with zero attached hydrogens (tertiary/aromatic N) is 2. The molecule has 0 saturated carbocycles. The largest absolute Gasteiger partial charge is 0.390 e. The summed E-state index contributed by atoms with van der Waals surface area (Å²) in [6, 6.07) is 8.63. The van der Waals surface area contributed by atoms with Crippen LogP contribution >= 0.6 is 0 Å². The average molecular weight is 417 g/mol. The van der Waals surface area contributed by atoms with E-state index in [1.165, 1.54) is 16.8 Å². The molecule has 1 heterocycles. The molecule has 5 nitrogen and oxygen atoms in total. The molecule has 0 unspecified atom stereocenters. The van der Waals surface area contributed by atoms with Crippen molar-refractivity contribution in [2.45, 2.75) is 39.3 Å². The predicted octanol–water partition coefficient (Wildman–Crippen LogP) is 4.07. The van der Waals surface area contributed by atoms with Gasteiger partial charge in [-0.2, -0.15) is 4.98 Å². The summed E-state index contributed by atoms with van der Waals surface area (Å²) in [6.45, 7) is 5.24. The first-order valence-electron chi connectivity index (χ1n) is 9.32. The highest BCUT2D eigenvalue weighted by Crippen LogP contribution is 2.24. The Morgan fingerprint density at radius 3 is 2.37 bits per heavy atom. The Labute approximate surface area is 171 Å². The lowest BCUT2D eigenvalue weighted by atomic mass is 9.97. The fourth-order valence-corrected chi connectivity index (χ4v) is 3.09. The molecule has 0 spiro atoms. The van der Waals surface area contributed by atoms with E-state index in [1.54, 1.807) is 13.8 Å². The van der Waals surface area contributed by atoms with Crippen molar-refractivity contribution < 1.29 is 18.3 Å². The standard InChI is InChI=1S/C22H22F3N3O2/c1-13-4-5-14(11-22(2,3)30)10-18(13)26-21-27-19(29)6-7-28(21)12-15-8-16(23)20(25)17(24)9-15/h4-10,30H,11-12H2,1-3H3,(H,26,27,29). The SMILES string of the molecule is Cc1ccc(CC(C)(C)O)cc1Nc1nc(=O)ccn1Cc1cc(F)c(F)c(F)c1. The van der Waals surface area contributed by atoms with E-state index in [0.29, 0.717) is 12.1 Å². The number of halogens is 3. The first-order chi connectivity index (χ1) is 14.0. The monoisotopic (exact) mass is 417 g/mol. The van der Waals surface area contributed by atoms with Crippen LogP contribution in [0.4, 0.5) is 24.8 Å².